The summed E-state index contributed by atoms with van der Waals surface area (Å²) in [4.78, 5) is 9.91. The first kappa shape index (κ1) is 22.1. The fourth-order valence-corrected chi connectivity index (χ4v) is 4.21. The molecule has 2 aromatic rings. The van der Waals surface area contributed by atoms with Crippen LogP contribution in [-0.4, -0.2) is 14.3 Å². The van der Waals surface area contributed by atoms with Crippen molar-refractivity contribution in [3.8, 4) is 11.1 Å². The molecule has 0 radical (unpaired) electrons. The Morgan fingerprint density at radius 3 is 2.13 bits per heavy atom. The minimum absolute atomic E-state index is 0.147. The summed E-state index contributed by atoms with van der Waals surface area (Å²) in [7, 11) is -4.75. The summed E-state index contributed by atoms with van der Waals surface area (Å²) in [5, 5.41) is 5.19. The van der Waals surface area contributed by atoms with E-state index in [-0.39, 0.29) is 17.5 Å². The quantitative estimate of drug-likeness (QED) is 0.381. The Morgan fingerprint density at radius 1 is 1.03 bits per heavy atom. The Labute approximate surface area is 170 Å². The number of hydrogen-bond donors (Lipinski definition) is 6. The van der Waals surface area contributed by atoms with Crippen LogP contribution in [0.2, 0.25) is 0 Å². The maximum absolute atomic E-state index is 13.6. The average Bonchev–Trinajstić information content (AvgIpc) is 3.18. The molecule has 1 saturated heterocycles. The van der Waals surface area contributed by atoms with Crippen molar-refractivity contribution in [3.05, 3.63) is 53.1 Å². The molecule has 0 unspecified atom stereocenters. The number of alkyl halides is 3. The van der Waals surface area contributed by atoms with Crippen LogP contribution in [0.25, 0.3) is 11.1 Å². The molecule has 162 valence electrons. The molecule has 2 aromatic carbocycles. The van der Waals surface area contributed by atoms with E-state index >= 15 is 0 Å². The first-order valence-corrected chi connectivity index (χ1v) is 10.2. The van der Waals surface area contributed by atoms with Gasteiger partial charge in [-0.25, -0.2) is 24.4 Å². The number of nitrogens with two attached hydrogens (primary N) is 2. The van der Waals surface area contributed by atoms with E-state index in [9.17, 15) is 26.4 Å². The van der Waals surface area contributed by atoms with Crippen LogP contribution >= 0.6 is 0 Å². The van der Waals surface area contributed by atoms with Crippen LogP contribution in [0.1, 0.15) is 29.3 Å². The Hall–Kier alpha value is -2.55. The van der Waals surface area contributed by atoms with Gasteiger partial charge in [0, 0.05) is 12.0 Å². The Balaban J connectivity index is 2.18. The molecule has 0 saturated carbocycles. The second-order valence-electron chi connectivity index (χ2n) is 6.58. The van der Waals surface area contributed by atoms with Gasteiger partial charge in [0.25, 0.3) is 0 Å². The van der Waals surface area contributed by atoms with Gasteiger partial charge in [0.1, 0.15) is 11.1 Å². The lowest BCUT2D eigenvalue weighted by Gasteiger charge is -2.22. The van der Waals surface area contributed by atoms with E-state index in [0.29, 0.717) is 18.1 Å². The topological polar surface area (TPSA) is 151 Å². The van der Waals surface area contributed by atoms with Gasteiger partial charge in [0.05, 0.1) is 5.56 Å². The minimum atomic E-state index is -4.94. The number of primary amides is 1. The predicted octanol–water partition coefficient (Wildman–Crippen LogP) is 0.553. The van der Waals surface area contributed by atoms with Crippen LogP contribution in [0, 0.1) is 0 Å². The molecule has 0 bridgehead atoms. The molecular weight excluding hydrogens is 425 g/mol. The van der Waals surface area contributed by atoms with E-state index in [0.717, 1.165) is 5.56 Å². The molecule has 1 aliphatic heterocycles. The highest BCUT2D eigenvalue weighted by atomic mass is 32.2. The fraction of sp³-hybridized carbons (Fsp3) is 0.235. The summed E-state index contributed by atoms with van der Waals surface area (Å²) in [6.45, 7) is 0. The number of hydrazine groups is 3. The van der Waals surface area contributed by atoms with Crippen LogP contribution < -0.4 is 32.8 Å². The van der Waals surface area contributed by atoms with E-state index < -0.39 is 38.7 Å². The summed E-state index contributed by atoms with van der Waals surface area (Å²) in [5.41, 5.74) is 15.2. The van der Waals surface area contributed by atoms with Gasteiger partial charge in [0.2, 0.25) is 15.9 Å². The van der Waals surface area contributed by atoms with Gasteiger partial charge in [-0.05, 0) is 29.2 Å². The maximum Gasteiger partial charge on any atom is 0.417 e. The van der Waals surface area contributed by atoms with Crippen molar-refractivity contribution in [2.24, 2.45) is 10.9 Å². The SMILES string of the molecule is NC(=O)CCc1ccc(-c2ccc(C(F)(F)F)c(S(N)(=O)=O)c2C2NNNN2)cc1. The van der Waals surface area contributed by atoms with Crippen molar-refractivity contribution in [3.63, 3.8) is 0 Å². The second-order valence-corrected chi connectivity index (χ2v) is 8.08. The van der Waals surface area contributed by atoms with Gasteiger partial charge >= 0.3 is 6.18 Å². The molecule has 0 spiro atoms. The lowest BCUT2D eigenvalue weighted by atomic mass is 9.94. The van der Waals surface area contributed by atoms with Gasteiger partial charge in [-0.15, -0.1) is 0 Å². The molecule has 1 fully saturated rings. The number of benzene rings is 2. The third-order valence-electron chi connectivity index (χ3n) is 4.50. The summed E-state index contributed by atoms with van der Waals surface area (Å²) in [6, 6.07) is 8.48. The van der Waals surface area contributed by atoms with Gasteiger partial charge in [-0.2, -0.15) is 24.2 Å². The van der Waals surface area contributed by atoms with Crippen LogP contribution in [0.4, 0.5) is 13.2 Å². The van der Waals surface area contributed by atoms with E-state index in [1.807, 2.05) is 0 Å². The zero-order valence-electron chi connectivity index (χ0n) is 15.4. The van der Waals surface area contributed by atoms with E-state index in [1.165, 1.54) is 6.07 Å². The lowest BCUT2D eigenvalue weighted by molar-refractivity contribution is -0.140. The molecule has 1 heterocycles. The number of carbonyl (C=O) groups excluding carboxylic acids is 1. The molecule has 0 aromatic heterocycles. The van der Waals surface area contributed by atoms with Crippen LogP contribution in [0.3, 0.4) is 0 Å². The second kappa shape index (κ2) is 8.29. The molecule has 0 aliphatic carbocycles. The Morgan fingerprint density at radius 2 is 1.63 bits per heavy atom. The average molecular weight is 444 g/mol. The summed E-state index contributed by atoms with van der Waals surface area (Å²) in [5.74, 6) is -0.458. The first-order chi connectivity index (χ1) is 14.0. The maximum atomic E-state index is 13.6. The number of rotatable bonds is 6. The van der Waals surface area contributed by atoms with Gasteiger partial charge in [-0.1, -0.05) is 30.3 Å². The number of amides is 1. The molecule has 1 amide bonds. The van der Waals surface area contributed by atoms with Crippen LogP contribution in [0.15, 0.2) is 41.3 Å². The molecule has 9 nitrogen and oxygen atoms in total. The van der Waals surface area contributed by atoms with Crippen LogP contribution in [0.5, 0.6) is 0 Å². The summed E-state index contributed by atoms with van der Waals surface area (Å²) >= 11 is 0. The monoisotopic (exact) mass is 444 g/mol. The Bertz CT molecular complexity index is 1050. The molecule has 8 N–H and O–H groups in total. The number of primary sulfonamides is 1. The van der Waals surface area contributed by atoms with E-state index in [2.05, 4.69) is 21.9 Å². The van der Waals surface area contributed by atoms with Gasteiger partial charge < -0.3 is 5.73 Å². The van der Waals surface area contributed by atoms with Crippen molar-refractivity contribution in [1.29, 1.82) is 0 Å². The van der Waals surface area contributed by atoms with Crippen molar-refractivity contribution in [2.75, 3.05) is 0 Å². The smallest absolute Gasteiger partial charge is 0.370 e. The number of nitrogens with one attached hydrogen (secondary N) is 4. The molecule has 13 heteroatoms. The van der Waals surface area contributed by atoms with Crippen molar-refractivity contribution in [1.82, 2.24) is 21.9 Å². The van der Waals surface area contributed by atoms with E-state index in [1.54, 1.807) is 24.3 Å². The Kier molecular flexibility index (Phi) is 6.12. The molecule has 0 atom stereocenters. The van der Waals surface area contributed by atoms with Crippen molar-refractivity contribution in [2.45, 2.75) is 30.1 Å². The number of halogens is 3. The zero-order chi connectivity index (χ0) is 22.1. The number of hydrogen-bond acceptors (Lipinski definition) is 7. The summed E-state index contributed by atoms with van der Waals surface area (Å²) < 4.78 is 65.1. The van der Waals surface area contributed by atoms with Gasteiger partial charge in [-0.3, -0.25) is 4.79 Å². The largest absolute Gasteiger partial charge is 0.417 e. The van der Waals surface area contributed by atoms with Crippen LogP contribution in [-0.2, 0) is 27.4 Å². The lowest BCUT2D eigenvalue weighted by Crippen LogP contribution is -2.33. The highest BCUT2D eigenvalue weighted by Gasteiger charge is 2.40. The highest BCUT2D eigenvalue weighted by molar-refractivity contribution is 7.89. The molecular formula is C17H19F3N6O3S. The third-order valence-corrected chi connectivity index (χ3v) is 5.50. The first-order valence-electron chi connectivity index (χ1n) is 8.64. The third kappa shape index (κ3) is 4.77. The minimum Gasteiger partial charge on any atom is -0.370 e. The summed E-state index contributed by atoms with van der Waals surface area (Å²) in [6.07, 6.45) is -5.43. The van der Waals surface area contributed by atoms with Crippen molar-refractivity contribution < 1.29 is 26.4 Å². The molecule has 1 aliphatic rings. The molecule has 30 heavy (non-hydrogen) atoms. The number of aryl methyl sites for hydroxylation is 1. The molecule has 3 rings (SSSR count). The number of sulfonamides is 1. The highest BCUT2D eigenvalue weighted by Crippen LogP contribution is 2.41. The van der Waals surface area contributed by atoms with E-state index in [4.69, 9.17) is 10.9 Å². The van der Waals surface area contributed by atoms with Gasteiger partial charge in [0.15, 0.2) is 0 Å². The van der Waals surface area contributed by atoms with Crippen molar-refractivity contribution >= 4 is 15.9 Å². The zero-order valence-corrected chi connectivity index (χ0v) is 16.2. The normalized spacial score (nSPS) is 15.5. The predicted molar refractivity (Wildman–Crippen MR) is 101 cm³/mol. The number of carbonyl (C=O) groups is 1. The fourth-order valence-electron chi connectivity index (χ4n) is 3.18. The standard InChI is InChI=1S/C17H19F3N6O3S/c18-17(19,20)12-7-6-11(10-4-1-9(2-5-10)3-8-13(21)27)14(15(12)30(22,28)29)16-23-25-26-24-16/h1-2,4-7,16,23-26H,3,8H2,(H2,21,27)(H2,22,28,29).